The molecule has 0 saturated carbocycles. The summed E-state index contributed by atoms with van der Waals surface area (Å²) in [5.74, 6) is -1.12. The molecule has 0 unspecified atom stereocenters. The zero-order valence-corrected chi connectivity index (χ0v) is 23.4. The molecule has 0 spiro atoms. The first-order valence-corrected chi connectivity index (χ1v) is 13.2. The molecule has 1 saturated heterocycles. The lowest BCUT2D eigenvalue weighted by molar-refractivity contribution is -0.137. The molecule has 1 aromatic carbocycles. The average Bonchev–Trinajstić information content (AvgIpc) is 2.95. The SMILES string of the molecule is CC(C)(C)OC(=O)N1CCN(C(=O)c2cc(NC(=O)c3cccnc3NCc3ccncc3)cc(C(F)(F)F)c2)CC1. The molecule has 13 heteroatoms. The highest BCUT2D eigenvalue weighted by atomic mass is 19.4. The van der Waals surface area contributed by atoms with Crippen LogP contribution in [0.3, 0.4) is 0 Å². The van der Waals surface area contributed by atoms with Crippen LogP contribution in [-0.4, -0.2) is 69.5 Å². The molecule has 0 bridgehead atoms. The van der Waals surface area contributed by atoms with E-state index in [0.717, 1.165) is 17.7 Å². The third-order valence-corrected chi connectivity index (χ3v) is 6.25. The molecule has 1 aliphatic heterocycles. The first kappa shape index (κ1) is 30.3. The smallest absolute Gasteiger partial charge is 0.416 e. The van der Waals surface area contributed by atoms with Gasteiger partial charge in [0.1, 0.15) is 11.4 Å². The molecule has 3 aromatic rings. The number of benzene rings is 1. The Kier molecular flexibility index (Phi) is 8.98. The van der Waals surface area contributed by atoms with Gasteiger partial charge < -0.3 is 25.2 Å². The number of hydrogen-bond acceptors (Lipinski definition) is 7. The van der Waals surface area contributed by atoms with E-state index in [1.54, 1.807) is 45.3 Å². The monoisotopic (exact) mass is 584 g/mol. The fourth-order valence-electron chi connectivity index (χ4n) is 4.20. The Morgan fingerprint density at radius 2 is 1.60 bits per heavy atom. The number of piperazine rings is 1. The van der Waals surface area contributed by atoms with Crippen LogP contribution >= 0.6 is 0 Å². The highest BCUT2D eigenvalue weighted by Gasteiger charge is 2.34. The van der Waals surface area contributed by atoms with Gasteiger partial charge in [0.05, 0.1) is 11.1 Å². The van der Waals surface area contributed by atoms with Crippen LogP contribution in [0.5, 0.6) is 0 Å². The molecule has 1 aliphatic rings. The summed E-state index contributed by atoms with van der Waals surface area (Å²) in [5, 5.41) is 5.53. The summed E-state index contributed by atoms with van der Waals surface area (Å²) in [6, 6.07) is 9.32. The van der Waals surface area contributed by atoms with E-state index in [2.05, 4.69) is 20.6 Å². The van der Waals surface area contributed by atoms with E-state index < -0.39 is 35.2 Å². The molecule has 3 heterocycles. The number of pyridine rings is 2. The molecule has 1 fully saturated rings. The number of aromatic nitrogens is 2. The van der Waals surface area contributed by atoms with E-state index in [-0.39, 0.29) is 48.8 Å². The number of rotatable bonds is 6. The fraction of sp³-hybridized carbons (Fsp3) is 0.345. The van der Waals surface area contributed by atoms with Crippen LogP contribution in [0.1, 0.15) is 52.6 Å². The number of anilines is 2. The molecular weight excluding hydrogens is 553 g/mol. The Morgan fingerprint density at radius 1 is 0.929 bits per heavy atom. The van der Waals surface area contributed by atoms with Crippen molar-refractivity contribution >= 4 is 29.4 Å². The molecule has 222 valence electrons. The molecule has 42 heavy (non-hydrogen) atoms. The Morgan fingerprint density at radius 3 is 2.24 bits per heavy atom. The van der Waals surface area contributed by atoms with Crippen molar-refractivity contribution in [2.45, 2.75) is 39.1 Å². The lowest BCUT2D eigenvalue weighted by Crippen LogP contribution is -2.51. The maximum Gasteiger partial charge on any atom is 0.416 e. The van der Waals surface area contributed by atoms with Gasteiger partial charge in [0.25, 0.3) is 11.8 Å². The number of alkyl halides is 3. The third kappa shape index (κ3) is 7.95. The summed E-state index contributed by atoms with van der Waals surface area (Å²) >= 11 is 0. The molecule has 0 aliphatic carbocycles. The van der Waals surface area contributed by atoms with Gasteiger partial charge in [-0.25, -0.2) is 9.78 Å². The van der Waals surface area contributed by atoms with E-state index in [4.69, 9.17) is 4.74 Å². The molecule has 4 rings (SSSR count). The van der Waals surface area contributed by atoms with Crippen LogP contribution in [0.4, 0.5) is 29.5 Å². The van der Waals surface area contributed by atoms with Crippen LogP contribution in [0.15, 0.2) is 61.1 Å². The third-order valence-electron chi connectivity index (χ3n) is 6.25. The van der Waals surface area contributed by atoms with Crippen LogP contribution in [0, 0.1) is 0 Å². The summed E-state index contributed by atoms with van der Waals surface area (Å²) in [6.07, 6.45) is -0.567. The minimum absolute atomic E-state index is 0.107. The number of nitrogens with one attached hydrogen (secondary N) is 2. The van der Waals surface area contributed by atoms with Crippen molar-refractivity contribution in [3.8, 4) is 0 Å². The van der Waals surface area contributed by atoms with Crippen molar-refractivity contribution < 1.29 is 32.3 Å². The van der Waals surface area contributed by atoms with Crippen molar-refractivity contribution in [3.63, 3.8) is 0 Å². The Labute approximate surface area is 240 Å². The highest BCUT2D eigenvalue weighted by Crippen LogP contribution is 2.33. The molecule has 10 nitrogen and oxygen atoms in total. The van der Waals surface area contributed by atoms with Gasteiger partial charge in [-0.3, -0.25) is 14.6 Å². The lowest BCUT2D eigenvalue weighted by Gasteiger charge is -2.35. The van der Waals surface area contributed by atoms with E-state index >= 15 is 0 Å². The van der Waals surface area contributed by atoms with Gasteiger partial charge in [-0.1, -0.05) is 0 Å². The van der Waals surface area contributed by atoms with Crippen LogP contribution < -0.4 is 10.6 Å². The van der Waals surface area contributed by atoms with Gasteiger partial charge in [-0.15, -0.1) is 0 Å². The summed E-state index contributed by atoms with van der Waals surface area (Å²) in [6.45, 7) is 6.10. The number of halogens is 3. The minimum atomic E-state index is -4.77. The van der Waals surface area contributed by atoms with Crippen molar-refractivity contribution in [1.82, 2.24) is 19.8 Å². The second kappa shape index (κ2) is 12.5. The van der Waals surface area contributed by atoms with Gasteiger partial charge in [0.2, 0.25) is 0 Å². The second-order valence-corrected chi connectivity index (χ2v) is 10.6. The van der Waals surface area contributed by atoms with Gasteiger partial charge in [0.15, 0.2) is 0 Å². The maximum absolute atomic E-state index is 13.8. The van der Waals surface area contributed by atoms with E-state index in [1.165, 1.54) is 34.2 Å². The van der Waals surface area contributed by atoms with E-state index in [9.17, 15) is 27.6 Å². The largest absolute Gasteiger partial charge is 0.444 e. The van der Waals surface area contributed by atoms with E-state index in [0.29, 0.717) is 6.54 Å². The Balaban J connectivity index is 1.50. The number of nitrogens with zero attached hydrogens (tertiary/aromatic N) is 4. The zero-order chi connectivity index (χ0) is 30.5. The number of carbonyl (C=O) groups is 3. The summed E-state index contributed by atoms with van der Waals surface area (Å²) in [5.41, 5.74) is -1.22. The van der Waals surface area contributed by atoms with Crippen LogP contribution in [0.2, 0.25) is 0 Å². The number of ether oxygens (including phenoxy) is 1. The first-order chi connectivity index (χ1) is 19.8. The Hall–Kier alpha value is -4.68. The van der Waals surface area contributed by atoms with Crippen molar-refractivity contribution in [1.29, 1.82) is 0 Å². The van der Waals surface area contributed by atoms with Gasteiger partial charge in [-0.2, -0.15) is 13.2 Å². The summed E-state index contributed by atoms with van der Waals surface area (Å²) in [4.78, 5) is 49.7. The summed E-state index contributed by atoms with van der Waals surface area (Å²) in [7, 11) is 0. The van der Waals surface area contributed by atoms with Crippen LogP contribution in [0.25, 0.3) is 0 Å². The quantitative estimate of drug-likeness (QED) is 0.416. The van der Waals surface area contributed by atoms with Crippen molar-refractivity contribution in [2.75, 3.05) is 36.8 Å². The number of hydrogen-bond donors (Lipinski definition) is 2. The van der Waals surface area contributed by atoms with Crippen molar-refractivity contribution in [3.05, 3.63) is 83.3 Å². The topological polar surface area (TPSA) is 117 Å². The maximum atomic E-state index is 13.8. The molecule has 0 atom stereocenters. The van der Waals surface area contributed by atoms with E-state index in [1.807, 2.05) is 0 Å². The number of carbonyl (C=O) groups excluding carboxylic acids is 3. The average molecular weight is 585 g/mol. The molecule has 2 aromatic heterocycles. The van der Waals surface area contributed by atoms with Gasteiger partial charge in [-0.05, 0) is 68.8 Å². The predicted molar refractivity (Wildman–Crippen MR) is 149 cm³/mol. The molecule has 3 amide bonds. The van der Waals surface area contributed by atoms with Crippen molar-refractivity contribution in [2.24, 2.45) is 0 Å². The Bertz CT molecular complexity index is 1440. The van der Waals surface area contributed by atoms with Crippen LogP contribution in [-0.2, 0) is 17.5 Å². The minimum Gasteiger partial charge on any atom is -0.444 e. The standard InChI is InChI=1S/C29H31F3N6O4/c1-28(2,3)42-27(41)38-13-11-37(12-14-38)26(40)20-15-21(29(30,31)32)17-22(16-20)36-25(39)23-5-4-8-34-24(23)35-18-19-6-9-33-10-7-19/h4-10,15-17H,11-14,18H2,1-3H3,(H,34,35)(H,36,39). The normalized spacial score (nSPS) is 13.9. The molecule has 0 radical (unpaired) electrons. The predicted octanol–water partition coefficient (Wildman–Crippen LogP) is 5.05. The molecular formula is C29H31F3N6O4. The zero-order valence-electron chi connectivity index (χ0n) is 23.4. The molecule has 2 N–H and O–H groups in total. The fourth-order valence-corrected chi connectivity index (χ4v) is 4.20. The first-order valence-electron chi connectivity index (χ1n) is 13.2. The highest BCUT2D eigenvalue weighted by molar-refractivity contribution is 6.08. The number of amides is 3. The van der Waals surface area contributed by atoms with Gasteiger partial charge >= 0.3 is 12.3 Å². The lowest BCUT2D eigenvalue weighted by atomic mass is 10.1. The summed E-state index contributed by atoms with van der Waals surface area (Å²) < 4.78 is 46.7. The van der Waals surface area contributed by atoms with Gasteiger partial charge in [0, 0.05) is 62.6 Å². The second-order valence-electron chi connectivity index (χ2n) is 10.6.